The van der Waals surface area contributed by atoms with Crippen LogP contribution in [0.3, 0.4) is 0 Å². The molecule has 0 aromatic carbocycles. The highest BCUT2D eigenvalue weighted by molar-refractivity contribution is 5.95. The van der Waals surface area contributed by atoms with Crippen LogP contribution in [-0.2, 0) is 9.47 Å². The SMILES string of the molecule is CC(CC1OCCO1)C(=O)c1ccccn1. The van der Waals surface area contributed by atoms with Gasteiger partial charge in [0.05, 0.1) is 13.2 Å². The normalized spacial score (nSPS) is 18.6. The van der Waals surface area contributed by atoms with Gasteiger partial charge in [0.1, 0.15) is 5.69 Å². The average Bonchev–Trinajstić information content (AvgIpc) is 2.82. The van der Waals surface area contributed by atoms with E-state index in [9.17, 15) is 4.79 Å². The fourth-order valence-electron chi connectivity index (χ4n) is 1.70. The lowest BCUT2D eigenvalue weighted by Gasteiger charge is -2.14. The van der Waals surface area contributed by atoms with Crippen LogP contribution >= 0.6 is 0 Å². The van der Waals surface area contributed by atoms with Crippen molar-refractivity contribution in [1.29, 1.82) is 0 Å². The van der Waals surface area contributed by atoms with E-state index in [0.29, 0.717) is 25.3 Å². The Hall–Kier alpha value is -1.26. The van der Waals surface area contributed by atoms with Crippen LogP contribution in [0.15, 0.2) is 24.4 Å². The summed E-state index contributed by atoms with van der Waals surface area (Å²) < 4.78 is 10.6. The lowest BCUT2D eigenvalue weighted by molar-refractivity contribution is -0.0533. The summed E-state index contributed by atoms with van der Waals surface area (Å²) in [7, 11) is 0. The van der Waals surface area contributed by atoms with Crippen molar-refractivity contribution in [2.24, 2.45) is 5.92 Å². The van der Waals surface area contributed by atoms with Gasteiger partial charge in [-0.05, 0) is 12.1 Å². The molecular formula is C12H15NO3. The van der Waals surface area contributed by atoms with Gasteiger partial charge in [0.2, 0.25) is 0 Å². The number of ether oxygens (including phenoxy) is 2. The molecule has 0 aliphatic carbocycles. The summed E-state index contributed by atoms with van der Waals surface area (Å²) in [6.45, 7) is 3.12. The Labute approximate surface area is 94.6 Å². The second-order valence-electron chi connectivity index (χ2n) is 3.89. The molecule has 1 saturated heterocycles. The molecule has 0 amide bonds. The van der Waals surface area contributed by atoms with Crippen LogP contribution in [0.1, 0.15) is 23.8 Å². The number of pyridine rings is 1. The molecule has 0 spiro atoms. The second-order valence-corrected chi connectivity index (χ2v) is 3.89. The first-order chi connectivity index (χ1) is 7.77. The van der Waals surface area contributed by atoms with E-state index in [1.165, 1.54) is 0 Å². The van der Waals surface area contributed by atoms with Crippen molar-refractivity contribution in [2.45, 2.75) is 19.6 Å². The summed E-state index contributed by atoms with van der Waals surface area (Å²) in [6.07, 6.45) is 1.99. The summed E-state index contributed by atoms with van der Waals surface area (Å²) in [6, 6.07) is 5.34. The van der Waals surface area contributed by atoms with Crippen LogP contribution < -0.4 is 0 Å². The van der Waals surface area contributed by atoms with Crippen molar-refractivity contribution in [3.8, 4) is 0 Å². The molecule has 2 rings (SSSR count). The third-order valence-electron chi connectivity index (χ3n) is 2.60. The first kappa shape index (κ1) is 11.2. The highest BCUT2D eigenvalue weighted by atomic mass is 16.7. The van der Waals surface area contributed by atoms with Gasteiger partial charge in [0.25, 0.3) is 0 Å². The Morgan fingerprint density at radius 1 is 1.50 bits per heavy atom. The standard InChI is InChI=1S/C12H15NO3/c1-9(8-11-15-6-7-16-11)12(14)10-4-2-3-5-13-10/h2-5,9,11H,6-8H2,1H3. The Kier molecular flexibility index (Phi) is 3.64. The van der Waals surface area contributed by atoms with Crippen LogP contribution in [0.5, 0.6) is 0 Å². The monoisotopic (exact) mass is 221 g/mol. The van der Waals surface area contributed by atoms with Crippen molar-refractivity contribution in [3.05, 3.63) is 30.1 Å². The first-order valence-corrected chi connectivity index (χ1v) is 5.46. The smallest absolute Gasteiger partial charge is 0.184 e. The number of carbonyl (C=O) groups is 1. The summed E-state index contributed by atoms with van der Waals surface area (Å²) in [5.74, 6) is -0.0855. The largest absolute Gasteiger partial charge is 0.350 e. The first-order valence-electron chi connectivity index (χ1n) is 5.46. The number of rotatable bonds is 4. The maximum Gasteiger partial charge on any atom is 0.184 e. The molecule has 0 N–H and O–H groups in total. The number of hydrogen-bond donors (Lipinski definition) is 0. The zero-order valence-corrected chi connectivity index (χ0v) is 9.26. The van der Waals surface area contributed by atoms with Crippen LogP contribution in [0.4, 0.5) is 0 Å². The summed E-state index contributed by atoms with van der Waals surface area (Å²) in [4.78, 5) is 16.0. The fraction of sp³-hybridized carbons (Fsp3) is 0.500. The Morgan fingerprint density at radius 2 is 2.25 bits per heavy atom. The number of aromatic nitrogens is 1. The van der Waals surface area contributed by atoms with Gasteiger partial charge in [0, 0.05) is 18.5 Å². The summed E-state index contributed by atoms with van der Waals surface area (Å²) in [5.41, 5.74) is 0.507. The summed E-state index contributed by atoms with van der Waals surface area (Å²) >= 11 is 0. The van der Waals surface area contributed by atoms with E-state index < -0.39 is 0 Å². The van der Waals surface area contributed by atoms with Crippen LogP contribution in [0.2, 0.25) is 0 Å². The van der Waals surface area contributed by atoms with E-state index in [1.807, 2.05) is 13.0 Å². The van der Waals surface area contributed by atoms with Gasteiger partial charge < -0.3 is 9.47 Å². The molecule has 1 unspecified atom stereocenters. The van der Waals surface area contributed by atoms with Crippen LogP contribution in [0.25, 0.3) is 0 Å². The van der Waals surface area contributed by atoms with E-state index >= 15 is 0 Å². The zero-order valence-electron chi connectivity index (χ0n) is 9.26. The van der Waals surface area contributed by atoms with Gasteiger partial charge in [-0.25, -0.2) is 0 Å². The van der Waals surface area contributed by atoms with E-state index in [1.54, 1.807) is 18.3 Å². The lowest BCUT2D eigenvalue weighted by atomic mass is 9.99. The molecule has 0 radical (unpaired) electrons. The molecule has 0 bridgehead atoms. The Balaban J connectivity index is 1.94. The van der Waals surface area contributed by atoms with Gasteiger partial charge in [-0.15, -0.1) is 0 Å². The van der Waals surface area contributed by atoms with E-state index in [2.05, 4.69) is 4.98 Å². The highest BCUT2D eigenvalue weighted by Gasteiger charge is 2.24. The van der Waals surface area contributed by atoms with Crippen LogP contribution in [-0.4, -0.2) is 30.3 Å². The van der Waals surface area contributed by atoms with Crippen molar-refractivity contribution in [1.82, 2.24) is 4.98 Å². The second kappa shape index (κ2) is 5.18. The number of Topliss-reactive ketones (excluding diaryl/α,β-unsaturated/α-hetero) is 1. The minimum absolute atomic E-state index is 0.0414. The topological polar surface area (TPSA) is 48.4 Å². The number of hydrogen-bond acceptors (Lipinski definition) is 4. The molecule has 2 heterocycles. The van der Waals surface area contributed by atoms with Crippen molar-refractivity contribution >= 4 is 5.78 Å². The maximum absolute atomic E-state index is 12.0. The fourth-order valence-corrected chi connectivity index (χ4v) is 1.70. The molecule has 1 aromatic heterocycles. The molecule has 16 heavy (non-hydrogen) atoms. The van der Waals surface area contributed by atoms with E-state index in [4.69, 9.17) is 9.47 Å². The Morgan fingerprint density at radius 3 is 2.88 bits per heavy atom. The minimum Gasteiger partial charge on any atom is -0.350 e. The molecule has 86 valence electrons. The third kappa shape index (κ3) is 2.65. The molecule has 1 atom stereocenters. The molecule has 0 saturated carbocycles. The number of ketones is 1. The predicted molar refractivity (Wildman–Crippen MR) is 58.0 cm³/mol. The van der Waals surface area contributed by atoms with Crippen molar-refractivity contribution < 1.29 is 14.3 Å². The van der Waals surface area contributed by atoms with Gasteiger partial charge >= 0.3 is 0 Å². The van der Waals surface area contributed by atoms with Crippen molar-refractivity contribution in [2.75, 3.05) is 13.2 Å². The molecular weight excluding hydrogens is 206 g/mol. The predicted octanol–water partition coefficient (Wildman–Crippen LogP) is 1.66. The average molecular weight is 221 g/mol. The molecule has 4 nitrogen and oxygen atoms in total. The molecule has 4 heteroatoms. The molecule has 1 aliphatic heterocycles. The zero-order chi connectivity index (χ0) is 11.4. The van der Waals surface area contributed by atoms with Gasteiger partial charge in [-0.2, -0.15) is 0 Å². The van der Waals surface area contributed by atoms with Gasteiger partial charge in [-0.1, -0.05) is 13.0 Å². The van der Waals surface area contributed by atoms with E-state index in [0.717, 1.165) is 0 Å². The molecule has 1 aromatic rings. The Bertz CT molecular complexity index is 347. The number of nitrogens with zero attached hydrogens (tertiary/aromatic N) is 1. The summed E-state index contributed by atoms with van der Waals surface area (Å²) in [5, 5.41) is 0. The van der Waals surface area contributed by atoms with Gasteiger partial charge in [-0.3, -0.25) is 9.78 Å². The lowest BCUT2D eigenvalue weighted by Crippen LogP contribution is -2.20. The quantitative estimate of drug-likeness (QED) is 0.725. The van der Waals surface area contributed by atoms with Crippen LogP contribution in [0, 0.1) is 5.92 Å². The van der Waals surface area contributed by atoms with E-state index in [-0.39, 0.29) is 18.0 Å². The van der Waals surface area contributed by atoms with Gasteiger partial charge in [0.15, 0.2) is 12.1 Å². The maximum atomic E-state index is 12.0. The molecule has 1 fully saturated rings. The minimum atomic E-state index is -0.234. The van der Waals surface area contributed by atoms with Crippen molar-refractivity contribution in [3.63, 3.8) is 0 Å². The third-order valence-corrected chi connectivity index (χ3v) is 2.60. The molecule has 1 aliphatic rings. The highest BCUT2D eigenvalue weighted by Crippen LogP contribution is 2.17. The number of carbonyl (C=O) groups excluding carboxylic acids is 1.